The van der Waals surface area contributed by atoms with Crippen LogP contribution in [0.5, 0.6) is 0 Å². The van der Waals surface area contributed by atoms with Gasteiger partial charge < -0.3 is 0 Å². The third kappa shape index (κ3) is 1.78. The van der Waals surface area contributed by atoms with E-state index in [2.05, 4.69) is 4.98 Å². The summed E-state index contributed by atoms with van der Waals surface area (Å²) in [5, 5.41) is 0. The zero-order chi connectivity index (χ0) is 11.1. The van der Waals surface area contributed by atoms with Crippen molar-refractivity contribution in [1.29, 1.82) is 0 Å². The molecule has 2 rings (SSSR count). The highest BCUT2D eigenvalue weighted by Crippen LogP contribution is 2.27. The van der Waals surface area contributed by atoms with Crippen LogP contribution in [0, 0.1) is 0 Å². The molecule has 2 aromatic rings. The monoisotopic (exact) mass is 241 g/mol. The average molecular weight is 241 g/mol. The summed E-state index contributed by atoms with van der Waals surface area (Å²) >= 11 is 1.03. The summed E-state index contributed by atoms with van der Waals surface area (Å²) in [4.78, 5) is 14.7. The molecular weight excluding hydrogens is 234 g/mol. The van der Waals surface area contributed by atoms with Gasteiger partial charge in [0.15, 0.2) is 6.29 Å². The number of carbonyl (C=O) groups is 1. The normalized spacial score (nSPS) is 11.8. The molecule has 0 saturated heterocycles. The van der Waals surface area contributed by atoms with Crippen LogP contribution in [-0.4, -0.2) is 25.9 Å². The summed E-state index contributed by atoms with van der Waals surface area (Å²) < 4.78 is 23.2. The van der Waals surface area contributed by atoms with Crippen LogP contribution in [0.2, 0.25) is 0 Å². The van der Waals surface area contributed by atoms with Gasteiger partial charge in [-0.05, 0) is 6.07 Å². The first kappa shape index (κ1) is 10.3. The Morgan fingerprint density at radius 1 is 1.40 bits per heavy atom. The molecule has 6 heteroatoms. The van der Waals surface area contributed by atoms with Crippen LogP contribution >= 0.6 is 11.3 Å². The molecule has 0 spiro atoms. The summed E-state index contributed by atoms with van der Waals surface area (Å²) in [5.74, 6) is 0. The highest BCUT2D eigenvalue weighted by Gasteiger charge is 2.15. The highest BCUT2D eigenvalue weighted by atomic mass is 32.2. The van der Waals surface area contributed by atoms with Crippen molar-refractivity contribution in [3.05, 3.63) is 23.8 Å². The molecule has 0 radical (unpaired) electrons. The number of aromatic nitrogens is 1. The van der Waals surface area contributed by atoms with Gasteiger partial charge in [0.2, 0.25) is 14.2 Å². The van der Waals surface area contributed by atoms with E-state index in [4.69, 9.17) is 0 Å². The lowest BCUT2D eigenvalue weighted by Gasteiger charge is -1.89. The van der Waals surface area contributed by atoms with Gasteiger partial charge in [-0.15, -0.1) is 11.3 Å². The number of sulfone groups is 1. The molecule has 0 saturated carbocycles. The van der Waals surface area contributed by atoms with E-state index in [0.29, 0.717) is 22.1 Å². The van der Waals surface area contributed by atoms with Crippen molar-refractivity contribution >= 4 is 37.7 Å². The molecule has 4 nitrogen and oxygen atoms in total. The molecule has 1 aromatic carbocycles. The fraction of sp³-hybridized carbons (Fsp3) is 0.111. The predicted octanol–water partition coefficient (Wildman–Crippen LogP) is 1.51. The van der Waals surface area contributed by atoms with Crippen molar-refractivity contribution < 1.29 is 13.2 Å². The van der Waals surface area contributed by atoms with E-state index in [-0.39, 0.29) is 4.34 Å². The SMILES string of the molecule is CS(=O)(=O)c1nc2cccc(C=O)c2s1. The second-order valence-corrected chi connectivity index (χ2v) is 6.25. The molecule has 0 aliphatic rings. The van der Waals surface area contributed by atoms with Crippen molar-refractivity contribution in [3.8, 4) is 0 Å². The van der Waals surface area contributed by atoms with Crippen molar-refractivity contribution in [3.63, 3.8) is 0 Å². The van der Waals surface area contributed by atoms with Gasteiger partial charge in [-0.1, -0.05) is 12.1 Å². The summed E-state index contributed by atoms with van der Waals surface area (Å²) in [5.41, 5.74) is 1.02. The van der Waals surface area contributed by atoms with E-state index in [1.807, 2.05) is 0 Å². The first-order valence-electron chi connectivity index (χ1n) is 4.07. The lowest BCUT2D eigenvalue weighted by Crippen LogP contribution is -1.94. The summed E-state index contributed by atoms with van der Waals surface area (Å²) in [7, 11) is -3.30. The van der Waals surface area contributed by atoms with E-state index < -0.39 is 9.84 Å². The van der Waals surface area contributed by atoms with Crippen molar-refractivity contribution in [2.45, 2.75) is 4.34 Å². The largest absolute Gasteiger partial charge is 0.298 e. The Kier molecular flexibility index (Phi) is 2.32. The maximum Gasteiger partial charge on any atom is 0.210 e. The predicted molar refractivity (Wildman–Crippen MR) is 58.1 cm³/mol. The molecule has 15 heavy (non-hydrogen) atoms. The third-order valence-electron chi connectivity index (χ3n) is 1.87. The molecule has 0 atom stereocenters. The first-order valence-corrected chi connectivity index (χ1v) is 6.78. The molecule has 0 aliphatic heterocycles. The van der Waals surface area contributed by atoms with Crippen molar-refractivity contribution in [2.24, 2.45) is 0 Å². The number of fused-ring (bicyclic) bond motifs is 1. The second kappa shape index (κ2) is 3.39. The van der Waals surface area contributed by atoms with Gasteiger partial charge in [0.25, 0.3) is 0 Å². The standard InChI is InChI=1S/C9H7NO3S2/c1-15(12,13)9-10-7-4-2-3-6(5-11)8(7)14-9/h2-5H,1H3. The molecule has 0 bridgehead atoms. The van der Waals surface area contributed by atoms with Gasteiger partial charge in [0, 0.05) is 11.8 Å². The summed E-state index contributed by atoms with van der Waals surface area (Å²) in [6, 6.07) is 5.00. The minimum absolute atomic E-state index is 0.0480. The summed E-state index contributed by atoms with van der Waals surface area (Å²) in [6.07, 6.45) is 1.80. The molecule has 78 valence electrons. The fourth-order valence-corrected chi connectivity index (χ4v) is 3.09. The number of rotatable bonds is 2. The maximum absolute atomic E-state index is 11.3. The van der Waals surface area contributed by atoms with Crippen LogP contribution in [0.1, 0.15) is 10.4 Å². The minimum atomic E-state index is -3.30. The number of aldehydes is 1. The fourth-order valence-electron chi connectivity index (χ4n) is 1.20. The van der Waals surface area contributed by atoms with Gasteiger partial charge in [-0.2, -0.15) is 0 Å². The van der Waals surface area contributed by atoms with Gasteiger partial charge in [0.05, 0.1) is 10.2 Å². The first-order chi connectivity index (χ1) is 7.02. The summed E-state index contributed by atoms with van der Waals surface area (Å²) in [6.45, 7) is 0. The van der Waals surface area contributed by atoms with Crippen LogP contribution in [0.15, 0.2) is 22.5 Å². The van der Waals surface area contributed by atoms with Crippen LogP contribution in [-0.2, 0) is 9.84 Å². The Hall–Kier alpha value is -1.27. The number of nitrogens with zero attached hydrogens (tertiary/aromatic N) is 1. The van der Waals surface area contributed by atoms with Gasteiger partial charge in [0.1, 0.15) is 0 Å². The Morgan fingerprint density at radius 2 is 2.13 bits per heavy atom. The van der Waals surface area contributed by atoms with Gasteiger partial charge in [-0.3, -0.25) is 4.79 Å². The Bertz CT molecular complexity index is 628. The molecule has 0 N–H and O–H groups in total. The Labute approximate surface area is 90.5 Å². The van der Waals surface area contributed by atoms with Crippen LogP contribution in [0.4, 0.5) is 0 Å². The van der Waals surface area contributed by atoms with E-state index in [1.54, 1.807) is 18.2 Å². The smallest absolute Gasteiger partial charge is 0.210 e. The van der Waals surface area contributed by atoms with Crippen molar-refractivity contribution in [1.82, 2.24) is 4.98 Å². The van der Waals surface area contributed by atoms with E-state index >= 15 is 0 Å². The number of hydrogen-bond donors (Lipinski definition) is 0. The van der Waals surface area contributed by atoms with Crippen LogP contribution < -0.4 is 0 Å². The Morgan fingerprint density at radius 3 is 2.73 bits per heavy atom. The second-order valence-electron chi connectivity index (χ2n) is 3.07. The molecular formula is C9H7NO3S2. The quantitative estimate of drug-likeness (QED) is 0.748. The zero-order valence-electron chi connectivity index (χ0n) is 7.80. The van der Waals surface area contributed by atoms with E-state index in [0.717, 1.165) is 17.6 Å². The lowest BCUT2D eigenvalue weighted by atomic mass is 10.2. The van der Waals surface area contributed by atoms with Crippen molar-refractivity contribution in [2.75, 3.05) is 6.26 Å². The molecule has 0 unspecified atom stereocenters. The van der Waals surface area contributed by atoms with Crippen LogP contribution in [0.3, 0.4) is 0 Å². The van der Waals surface area contributed by atoms with Crippen LogP contribution in [0.25, 0.3) is 10.2 Å². The number of hydrogen-bond acceptors (Lipinski definition) is 5. The highest BCUT2D eigenvalue weighted by molar-refractivity contribution is 7.92. The lowest BCUT2D eigenvalue weighted by molar-refractivity contribution is 0.112. The molecule has 0 aliphatic carbocycles. The number of thiazole rings is 1. The maximum atomic E-state index is 11.3. The van der Waals surface area contributed by atoms with E-state index in [9.17, 15) is 13.2 Å². The topological polar surface area (TPSA) is 64.1 Å². The zero-order valence-corrected chi connectivity index (χ0v) is 9.43. The molecule has 0 amide bonds. The molecule has 0 fully saturated rings. The molecule has 1 aromatic heterocycles. The van der Waals surface area contributed by atoms with Gasteiger partial charge >= 0.3 is 0 Å². The third-order valence-corrected chi connectivity index (χ3v) is 4.67. The van der Waals surface area contributed by atoms with Gasteiger partial charge in [-0.25, -0.2) is 13.4 Å². The minimum Gasteiger partial charge on any atom is -0.298 e. The Balaban J connectivity index is 2.82. The van der Waals surface area contributed by atoms with E-state index in [1.165, 1.54) is 0 Å². The average Bonchev–Trinajstić information content (AvgIpc) is 2.59. The number of benzene rings is 1. The molecule has 1 heterocycles. The number of carbonyl (C=O) groups excluding carboxylic acids is 1.